The number of hydrogen-bond donors (Lipinski definition) is 1. The van der Waals surface area contributed by atoms with Crippen LogP contribution in [0.4, 0.5) is 0 Å². The maximum atomic E-state index is 11.2. The lowest BCUT2D eigenvalue weighted by Crippen LogP contribution is -2.06. The van der Waals surface area contributed by atoms with Gasteiger partial charge in [-0.05, 0) is 16.7 Å². The fraction of sp³-hybridized carbons (Fsp3) is 0.133. The Labute approximate surface area is 111 Å². The number of halogens is 1. The number of benzene rings is 2. The van der Waals surface area contributed by atoms with Crippen LogP contribution in [-0.2, 0) is 11.3 Å². The molecule has 0 bridgehead atoms. The molecule has 0 saturated heterocycles. The Bertz CT molecular complexity index is 539. The molecule has 2 N–H and O–H groups in total. The summed E-state index contributed by atoms with van der Waals surface area (Å²) in [5.41, 5.74) is 8.08. The molecule has 0 spiro atoms. The van der Waals surface area contributed by atoms with Crippen LogP contribution in [0.1, 0.15) is 22.6 Å². The summed E-state index contributed by atoms with van der Waals surface area (Å²) < 4.78 is 0. The summed E-state index contributed by atoms with van der Waals surface area (Å²) in [6.07, 6.45) is 2.05. The van der Waals surface area contributed by atoms with Crippen LogP contribution >= 0.6 is 11.6 Å². The summed E-state index contributed by atoms with van der Waals surface area (Å²) in [7, 11) is 0. The summed E-state index contributed by atoms with van der Waals surface area (Å²) in [6, 6.07) is 15.0. The van der Waals surface area contributed by atoms with Gasteiger partial charge in [0, 0.05) is 11.6 Å². The van der Waals surface area contributed by atoms with Crippen LogP contribution in [-0.4, -0.2) is 6.29 Å². The van der Waals surface area contributed by atoms with Crippen molar-refractivity contribution >= 4 is 17.9 Å². The molecule has 2 aromatic rings. The summed E-state index contributed by atoms with van der Waals surface area (Å²) >= 11 is 6.27. The van der Waals surface area contributed by atoms with Crippen LogP contribution in [0.5, 0.6) is 0 Å². The monoisotopic (exact) mass is 258 g/mol. The zero-order valence-electron chi connectivity index (χ0n) is 9.77. The van der Waals surface area contributed by atoms with E-state index in [-0.39, 0.29) is 0 Å². The molecule has 0 aliphatic rings. The van der Waals surface area contributed by atoms with Crippen molar-refractivity contribution < 1.29 is 4.79 Å². The molecule has 1 atom stereocenters. The van der Waals surface area contributed by atoms with Crippen LogP contribution in [0.3, 0.4) is 0 Å². The van der Waals surface area contributed by atoms with Gasteiger partial charge in [0.05, 0.1) is 5.92 Å². The van der Waals surface area contributed by atoms with Crippen molar-refractivity contribution in [2.75, 3.05) is 0 Å². The Hall–Kier alpha value is -1.64. The van der Waals surface area contributed by atoms with Crippen LogP contribution in [0, 0.1) is 0 Å². The Kier molecular flexibility index (Phi) is 4.13. The molecule has 1 radical (unpaired) electrons. The van der Waals surface area contributed by atoms with Gasteiger partial charge in [-0.25, -0.2) is 0 Å². The molecule has 91 valence electrons. The Morgan fingerprint density at radius 2 is 1.83 bits per heavy atom. The molecule has 18 heavy (non-hydrogen) atoms. The van der Waals surface area contributed by atoms with Gasteiger partial charge in [0.2, 0.25) is 6.29 Å². The highest BCUT2D eigenvalue weighted by Crippen LogP contribution is 2.31. The third-order valence-electron chi connectivity index (χ3n) is 2.89. The number of hydrogen-bond acceptors (Lipinski definition) is 2. The maximum Gasteiger partial charge on any atom is 0.211 e. The van der Waals surface area contributed by atoms with Crippen molar-refractivity contribution in [2.45, 2.75) is 12.5 Å². The zero-order chi connectivity index (χ0) is 13.0. The Balaban J connectivity index is 2.49. The van der Waals surface area contributed by atoms with E-state index in [0.717, 1.165) is 16.7 Å². The predicted octanol–water partition coefficient (Wildman–Crippen LogP) is 3.04. The molecule has 0 aromatic heterocycles. The fourth-order valence-electron chi connectivity index (χ4n) is 1.94. The molecule has 0 aliphatic heterocycles. The molecular formula is C15H13ClNO. The molecule has 0 aliphatic carbocycles. The van der Waals surface area contributed by atoms with Crippen LogP contribution in [0.25, 0.3) is 0 Å². The molecule has 3 heteroatoms. The molecule has 0 fully saturated rings. The largest absolute Gasteiger partial charge is 0.326 e. The second-order valence-corrected chi connectivity index (χ2v) is 4.36. The van der Waals surface area contributed by atoms with Crippen molar-refractivity contribution in [1.82, 2.24) is 0 Å². The van der Waals surface area contributed by atoms with Crippen LogP contribution in [0.2, 0.25) is 5.02 Å². The minimum absolute atomic E-state index is 0.354. The second kappa shape index (κ2) is 5.80. The maximum absolute atomic E-state index is 11.2. The topological polar surface area (TPSA) is 43.1 Å². The van der Waals surface area contributed by atoms with Crippen molar-refractivity contribution in [3.8, 4) is 0 Å². The minimum Gasteiger partial charge on any atom is -0.326 e. The van der Waals surface area contributed by atoms with E-state index in [9.17, 15) is 4.79 Å². The van der Waals surface area contributed by atoms with E-state index < -0.39 is 5.92 Å². The number of rotatable bonds is 4. The van der Waals surface area contributed by atoms with E-state index in [1.54, 1.807) is 0 Å². The molecule has 0 heterocycles. The summed E-state index contributed by atoms with van der Waals surface area (Å²) in [4.78, 5) is 11.2. The SMILES string of the molecule is NCc1cccc(C([C]=O)c2ccccc2)c1Cl. The first-order valence-electron chi connectivity index (χ1n) is 5.68. The Morgan fingerprint density at radius 3 is 2.44 bits per heavy atom. The van der Waals surface area contributed by atoms with E-state index in [1.165, 1.54) is 0 Å². The van der Waals surface area contributed by atoms with E-state index in [0.29, 0.717) is 11.6 Å². The van der Waals surface area contributed by atoms with Crippen molar-refractivity contribution in [2.24, 2.45) is 5.73 Å². The molecule has 0 saturated carbocycles. The van der Waals surface area contributed by atoms with E-state index in [2.05, 4.69) is 6.29 Å². The summed E-state index contributed by atoms with van der Waals surface area (Å²) in [5, 5.41) is 0.553. The average molecular weight is 259 g/mol. The fourth-order valence-corrected chi connectivity index (χ4v) is 2.25. The summed E-state index contributed by atoms with van der Waals surface area (Å²) in [5.74, 6) is -0.467. The first-order valence-corrected chi connectivity index (χ1v) is 6.05. The van der Waals surface area contributed by atoms with Gasteiger partial charge in [0.15, 0.2) is 0 Å². The first-order chi connectivity index (χ1) is 8.77. The van der Waals surface area contributed by atoms with Gasteiger partial charge in [-0.2, -0.15) is 0 Å². The van der Waals surface area contributed by atoms with Crippen molar-refractivity contribution in [3.05, 3.63) is 70.2 Å². The first kappa shape index (κ1) is 12.8. The van der Waals surface area contributed by atoms with E-state index in [4.69, 9.17) is 17.3 Å². The lowest BCUT2D eigenvalue weighted by molar-refractivity contribution is 0.549. The van der Waals surface area contributed by atoms with Crippen LogP contribution in [0.15, 0.2) is 48.5 Å². The quantitative estimate of drug-likeness (QED) is 0.916. The van der Waals surface area contributed by atoms with Gasteiger partial charge in [-0.3, -0.25) is 4.79 Å². The summed E-state index contributed by atoms with van der Waals surface area (Å²) in [6.45, 7) is 0.354. The standard InChI is InChI=1S/C15H13ClNO/c16-15-12(9-17)7-4-8-13(15)14(10-18)11-5-2-1-3-6-11/h1-8,14H,9,17H2. The van der Waals surface area contributed by atoms with Gasteiger partial charge in [-0.15, -0.1) is 0 Å². The van der Waals surface area contributed by atoms with Crippen molar-refractivity contribution in [3.63, 3.8) is 0 Å². The third-order valence-corrected chi connectivity index (χ3v) is 3.35. The molecule has 2 aromatic carbocycles. The highest BCUT2D eigenvalue weighted by Gasteiger charge is 2.18. The highest BCUT2D eigenvalue weighted by atomic mass is 35.5. The average Bonchev–Trinajstić information content (AvgIpc) is 2.43. The zero-order valence-corrected chi connectivity index (χ0v) is 10.5. The predicted molar refractivity (Wildman–Crippen MR) is 73.3 cm³/mol. The molecular weight excluding hydrogens is 246 g/mol. The van der Waals surface area contributed by atoms with Gasteiger partial charge < -0.3 is 5.73 Å². The molecule has 0 amide bonds. The normalized spacial score (nSPS) is 12.1. The second-order valence-electron chi connectivity index (χ2n) is 3.99. The smallest absolute Gasteiger partial charge is 0.211 e. The molecule has 2 rings (SSSR count). The van der Waals surface area contributed by atoms with Gasteiger partial charge in [-0.1, -0.05) is 60.1 Å². The number of nitrogens with two attached hydrogens (primary N) is 1. The third kappa shape index (κ3) is 2.45. The van der Waals surface area contributed by atoms with Gasteiger partial charge in [0.1, 0.15) is 0 Å². The molecule has 2 nitrogen and oxygen atoms in total. The van der Waals surface area contributed by atoms with Crippen molar-refractivity contribution in [1.29, 1.82) is 0 Å². The van der Waals surface area contributed by atoms with E-state index in [1.807, 2.05) is 48.5 Å². The lowest BCUT2D eigenvalue weighted by Gasteiger charge is -2.14. The lowest BCUT2D eigenvalue weighted by atomic mass is 9.91. The Morgan fingerprint density at radius 1 is 1.11 bits per heavy atom. The van der Waals surface area contributed by atoms with Gasteiger partial charge in [0.25, 0.3) is 0 Å². The van der Waals surface area contributed by atoms with E-state index >= 15 is 0 Å². The highest BCUT2D eigenvalue weighted by molar-refractivity contribution is 6.32. The van der Waals surface area contributed by atoms with Gasteiger partial charge >= 0.3 is 0 Å². The van der Waals surface area contributed by atoms with Crippen LogP contribution < -0.4 is 5.73 Å². The number of carbonyl (C=O) groups excluding carboxylic acids is 1. The minimum atomic E-state index is -0.467. The molecule has 1 unspecified atom stereocenters.